The standard InChI is InChI=1S/C13H19NO4/c1-2-13(6-4-3-5-7-13)14-8-9(12(17)18)10(15)11(14)16/h9H,2-8H2,1H3,(H,17,18). The van der Waals surface area contributed by atoms with Crippen LogP contribution in [0.5, 0.6) is 0 Å². The maximum absolute atomic E-state index is 12.0. The molecule has 0 aromatic rings. The molecule has 1 amide bonds. The van der Waals surface area contributed by atoms with Gasteiger partial charge in [-0.1, -0.05) is 26.2 Å². The van der Waals surface area contributed by atoms with Crippen LogP contribution in [-0.2, 0) is 14.4 Å². The second-order valence-corrected chi connectivity index (χ2v) is 5.31. The lowest BCUT2D eigenvalue weighted by molar-refractivity contribution is -0.148. The number of carboxylic acids is 1. The number of hydrogen-bond donors (Lipinski definition) is 1. The summed E-state index contributed by atoms with van der Waals surface area (Å²) in [7, 11) is 0. The molecule has 5 heteroatoms. The van der Waals surface area contributed by atoms with Crippen LogP contribution < -0.4 is 0 Å². The summed E-state index contributed by atoms with van der Waals surface area (Å²) in [5.41, 5.74) is -0.283. The van der Waals surface area contributed by atoms with E-state index in [0.29, 0.717) is 0 Å². The Morgan fingerprint density at radius 3 is 2.39 bits per heavy atom. The molecule has 2 rings (SSSR count). The second kappa shape index (κ2) is 4.71. The van der Waals surface area contributed by atoms with Crippen LogP contribution in [0.1, 0.15) is 45.4 Å². The number of hydrogen-bond acceptors (Lipinski definition) is 3. The predicted octanol–water partition coefficient (Wildman–Crippen LogP) is 1.21. The molecule has 100 valence electrons. The van der Waals surface area contributed by atoms with E-state index in [-0.39, 0.29) is 12.1 Å². The van der Waals surface area contributed by atoms with E-state index in [2.05, 4.69) is 0 Å². The average Bonchev–Trinajstić information content (AvgIpc) is 2.68. The first-order chi connectivity index (χ1) is 8.52. The zero-order valence-electron chi connectivity index (χ0n) is 10.6. The Morgan fingerprint density at radius 1 is 1.33 bits per heavy atom. The van der Waals surface area contributed by atoms with E-state index in [0.717, 1.165) is 38.5 Å². The largest absolute Gasteiger partial charge is 0.481 e. The van der Waals surface area contributed by atoms with Crippen molar-refractivity contribution in [2.75, 3.05) is 6.54 Å². The van der Waals surface area contributed by atoms with Gasteiger partial charge in [0.15, 0.2) is 0 Å². The number of carbonyl (C=O) groups excluding carboxylic acids is 2. The Balaban J connectivity index is 2.24. The lowest BCUT2D eigenvalue weighted by Crippen LogP contribution is -2.51. The van der Waals surface area contributed by atoms with Gasteiger partial charge in [-0.15, -0.1) is 0 Å². The van der Waals surface area contributed by atoms with E-state index >= 15 is 0 Å². The van der Waals surface area contributed by atoms with Gasteiger partial charge in [-0.25, -0.2) is 0 Å². The van der Waals surface area contributed by atoms with E-state index in [1.807, 2.05) is 6.92 Å². The van der Waals surface area contributed by atoms with Gasteiger partial charge >= 0.3 is 5.97 Å². The number of likely N-dealkylation sites (tertiary alicyclic amines) is 1. The highest BCUT2D eigenvalue weighted by Crippen LogP contribution is 2.39. The first kappa shape index (κ1) is 13.1. The molecule has 5 nitrogen and oxygen atoms in total. The summed E-state index contributed by atoms with van der Waals surface area (Å²) < 4.78 is 0. The van der Waals surface area contributed by atoms with Gasteiger partial charge in [-0.3, -0.25) is 14.4 Å². The molecule has 1 N–H and O–H groups in total. The third-order valence-corrected chi connectivity index (χ3v) is 4.45. The van der Waals surface area contributed by atoms with Crippen molar-refractivity contribution in [2.24, 2.45) is 5.92 Å². The lowest BCUT2D eigenvalue weighted by atomic mass is 9.78. The van der Waals surface area contributed by atoms with Gasteiger partial charge in [0.05, 0.1) is 0 Å². The number of carbonyl (C=O) groups is 3. The fraction of sp³-hybridized carbons (Fsp3) is 0.769. The topological polar surface area (TPSA) is 74.7 Å². The van der Waals surface area contributed by atoms with E-state index in [1.54, 1.807) is 4.90 Å². The Kier molecular flexibility index (Phi) is 3.41. The van der Waals surface area contributed by atoms with Crippen LogP contribution in [0.3, 0.4) is 0 Å². The van der Waals surface area contributed by atoms with Crippen LogP contribution in [0.25, 0.3) is 0 Å². The molecule has 0 spiro atoms. The van der Waals surface area contributed by atoms with Crippen LogP contribution in [0, 0.1) is 5.92 Å². The monoisotopic (exact) mass is 253 g/mol. The van der Waals surface area contributed by atoms with Crippen LogP contribution in [-0.4, -0.2) is 39.7 Å². The number of Topliss-reactive ketones (excluding diaryl/α,β-unsaturated/α-hetero) is 1. The molecular formula is C13H19NO4. The molecule has 1 heterocycles. The first-order valence-electron chi connectivity index (χ1n) is 6.60. The summed E-state index contributed by atoms with van der Waals surface area (Å²) in [6.07, 6.45) is 5.80. The van der Waals surface area contributed by atoms with Crippen molar-refractivity contribution in [1.82, 2.24) is 4.90 Å². The molecule has 1 aliphatic heterocycles. The third-order valence-electron chi connectivity index (χ3n) is 4.45. The molecule has 0 bridgehead atoms. The van der Waals surface area contributed by atoms with Gasteiger partial charge in [0.2, 0.25) is 5.78 Å². The fourth-order valence-corrected chi connectivity index (χ4v) is 3.25. The fourth-order valence-electron chi connectivity index (χ4n) is 3.25. The number of rotatable bonds is 3. The minimum atomic E-state index is -1.18. The third kappa shape index (κ3) is 1.91. The van der Waals surface area contributed by atoms with Crippen molar-refractivity contribution in [3.8, 4) is 0 Å². The highest BCUT2D eigenvalue weighted by Gasteiger charge is 2.50. The SMILES string of the molecule is CCC1(N2CC(C(=O)O)C(=O)C2=O)CCCCC1. The van der Waals surface area contributed by atoms with Crippen molar-refractivity contribution in [3.63, 3.8) is 0 Å². The van der Waals surface area contributed by atoms with Gasteiger partial charge in [-0.2, -0.15) is 0 Å². The average molecular weight is 253 g/mol. The second-order valence-electron chi connectivity index (χ2n) is 5.31. The number of carboxylic acid groups (broad SMARTS) is 1. The zero-order chi connectivity index (χ0) is 13.3. The van der Waals surface area contributed by atoms with E-state index in [9.17, 15) is 14.4 Å². The Morgan fingerprint density at radius 2 is 1.94 bits per heavy atom. The zero-order valence-corrected chi connectivity index (χ0v) is 10.6. The molecule has 2 fully saturated rings. The van der Waals surface area contributed by atoms with Gasteiger partial charge < -0.3 is 10.0 Å². The normalized spacial score (nSPS) is 27.6. The summed E-state index contributed by atoms with van der Waals surface area (Å²) in [6.45, 7) is 2.07. The van der Waals surface area contributed by atoms with Crippen molar-refractivity contribution in [3.05, 3.63) is 0 Å². The summed E-state index contributed by atoms with van der Waals surface area (Å²) >= 11 is 0. The number of amides is 1. The maximum Gasteiger partial charge on any atom is 0.316 e. The van der Waals surface area contributed by atoms with Crippen LogP contribution >= 0.6 is 0 Å². The highest BCUT2D eigenvalue weighted by atomic mass is 16.4. The molecule has 0 aromatic carbocycles. The van der Waals surface area contributed by atoms with Crippen molar-refractivity contribution < 1.29 is 19.5 Å². The minimum absolute atomic E-state index is 0.0564. The number of ketones is 1. The molecule has 2 aliphatic rings. The highest BCUT2D eigenvalue weighted by molar-refractivity contribution is 6.42. The maximum atomic E-state index is 12.0. The van der Waals surface area contributed by atoms with E-state index in [4.69, 9.17) is 5.11 Å². The lowest BCUT2D eigenvalue weighted by Gasteiger charge is -2.44. The summed E-state index contributed by atoms with van der Waals surface area (Å²) in [5, 5.41) is 8.97. The summed E-state index contributed by atoms with van der Waals surface area (Å²) in [6, 6.07) is 0. The molecule has 0 radical (unpaired) electrons. The quantitative estimate of drug-likeness (QED) is 0.606. The molecule has 1 unspecified atom stereocenters. The Labute approximate surface area is 106 Å². The number of nitrogens with zero attached hydrogens (tertiary/aromatic N) is 1. The van der Waals surface area contributed by atoms with Crippen LogP contribution in [0.15, 0.2) is 0 Å². The molecule has 1 saturated carbocycles. The van der Waals surface area contributed by atoms with Gasteiger partial charge in [-0.05, 0) is 19.3 Å². The molecule has 1 aliphatic carbocycles. The Hall–Kier alpha value is -1.39. The molecular weight excluding hydrogens is 234 g/mol. The van der Waals surface area contributed by atoms with Crippen molar-refractivity contribution in [1.29, 1.82) is 0 Å². The molecule has 18 heavy (non-hydrogen) atoms. The van der Waals surface area contributed by atoms with Crippen LogP contribution in [0.4, 0.5) is 0 Å². The molecule has 1 saturated heterocycles. The molecule has 0 aromatic heterocycles. The van der Waals surface area contributed by atoms with Gasteiger partial charge in [0, 0.05) is 12.1 Å². The van der Waals surface area contributed by atoms with Crippen molar-refractivity contribution in [2.45, 2.75) is 51.0 Å². The summed E-state index contributed by atoms with van der Waals surface area (Å²) in [4.78, 5) is 36.2. The van der Waals surface area contributed by atoms with E-state index in [1.165, 1.54) is 0 Å². The predicted molar refractivity (Wildman–Crippen MR) is 64.0 cm³/mol. The Bertz CT molecular complexity index is 384. The van der Waals surface area contributed by atoms with Gasteiger partial charge in [0.25, 0.3) is 5.91 Å². The number of aliphatic carboxylic acids is 1. The smallest absolute Gasteiger partial charge is 0.316 e. The summed E-state index contributed by atoms with van der Waals surface area (Å²) in [5.74, 6) is -3.69. The first-order valence-corrected chi connectivity index (χ1v) is 6.60. The molecule has 1 atom stereocenters. The minimum Gasteiger partial charge on any atom is -0.481 e. The van der Waals surface area contributed by atoms with Gasteiger partial charge in [0.1, 0.15) is 5.92 Å². The van der Waals surface area contributed by atoms with Crippen molar-refractivity contribution >= 4 is 17.7 Å². The van der Waals surface area contributed by atoms with Crippen LogP contribution in [0.2, 0.25) is 0 Å². The van der Waals surface area contributed by atoms with E-state index < -0.39 is 23.6 Å².